The Kier molecular flexibility index (Phi) is 45.0. The number of carbonyl (C=O) groups excluding carboxylic acids is 8. The van der Waals surface area contributed by atoms with Crippen molar-refractivity contribution in [3.05, 3.63) is 107 Å². The predicted molar refractivity (Wildman–Crippen MR) is 422 cm³/mol. The number of ether oxygens (including phenoxy) is 13. The topological polar surface area (TPSA) is 403 Å². The maximum absolute atomic E-state index is 14.1. The average Bonchev–Trinajstić information content (AvgIpc) is 1.57. The number of methoxy groups -OCH3 is 1. The number of carboxylic acid groups (broad SMARTS) is 1. The summed E-state index contributed by atoms with van der Waals surface area (Å²) in [6.45, 7) is 17.9. The van der Waals surface area contributed by atoms with Crippen molar-refractivity contribution in [2.24, 2.45) is 5.92 Å². The van der Waals surface area contributed by atoms with Crippen LogP contribution < -0.4 is 31.9 Å². The van der Waals surface area contributed by atoms with Gasteiger partial charge in [0.25, 0.3) is 11.8 Å². The van der Waals surface area contributed by atoms with E-state index in [2.05, 4.69) is 72.6 Å². The van der Waals surface area contributed by atoms with Gasteiger partial charge in [-0.1, -0.05) is 63.6 Å². The fourth-order valence-electron chi connectivity index (χ4n) is 11.3. The monoisotopic (exact) mass is 1600 g/mol. The van der Waals surface area contributed by atoms with E-state index in [4.69, 9.17) is 71.5 Å². The van der Waals surface area contributed by atoms with Crippen LogP contribution in [0, 0.1) is 5.92 Å². The molecule has 0 saturated carbocycles. The molecule has 8 amide bonds. The molecule has 0 aliphatic carbocycles. The van der Waals surface area contributed by atoms with Gasteiger partial charge in [0.05, 0.1) is 169 Å². The van der Waals surface area contributed by atoms with E-state index < -0.39 is 71.5 Å². The molecular formula is C80H117N11O23. The highest BCUT2D eigenvalue weighted by Crippen LogP contribution is 2.33. The molecule has 630 valence electrons. The van der Waals surface area contributed by atoms with Crippen molar-refractivity contribution in [3.8, 4) is 0 Å². The lowest BCUT2D eigenvalue weighted by Gasteiger charge is -2.26. The molecule has 7 N–H and O–H groups in total. The SMILES string of the molecule is CCCCc1nc2c(NC(=O)OCc3ccc(NC(=O)[C@H](C)NC(=O)[C@@H](NC(=O)[C@H](CCCCNC(=O)CCOCCOCCOCCOCCOCCOCCOCCOCCOCCOCCOCCOC)NC(=O)CCN4C(=O)C=CC4=O)C(C)C)cc3)nc3cc(C(=O)O)ccc3c2n1Cc1ccc(CN(C)C)cc1. The van der Waals surface area contributed by atoms with Crippen LogP contribution in [-0.2, 0) is 121 Å². The first-order valence-electron chi connectivity index (χ1n) is 38.9. The van der Waals surface area contributed by atoms with Crippen molar-refractivity contribution in [2.75, 3.05) is 197 Å². The molecule has 0 saturated heterocycles. The quantitative estimate of drug-likeness (QED) is 0.0190. The molecule has 6 rings (SSSR count). The third-order valence-electron chi connectivity index (χ3n) is 17.4. The first-order valence-corrected chi connectivity index (χ1v) is 38.9. The highest BCUT2D eigenvalue weighted by atomic mass is 16.6. The molecule has 3 heterocycles. The number of aromatic carboxylic acids is 1. The molecule has 0 fully saturated rings. The lowest BCUT2D eigenvalue weighted by Crippen LogP contribution is -2.57. The van der Waals surface area contributed by atoms with Gasteiger partial charge in [-0.25, -0.2) is 19.6 Å². The highest BCUT2D eigenvalue weighted by molar-refractivity contribution is 6.13. The maximum atomic E-state index is 14.1. The second kappa shape index (κ2) is 54.7. The summed E-state index contributed by atoms with van der Waals surface area (Å²) in [4.78, 5) is 130. The van der Waals surface area contributed by atoms with Gasteiger partial charge in [-0.3, -0.25) is 43.8 Å². The number of benzene rings is 3. The third kappa shape index (κ3) is 36.2. The van der Waals surface area contributed by atoms with Gasteiger partial charge in [-0.15, -0.1) is 0 Å². The number of unbranched alkanes of at least 4 members (excludes halogenated alkanes) is 2. The highest BCUT2D eigenvalue weighted by Gasteiger charge is 2.32. The Morgan fingerprint density at radius 3 is 1.57 bits per heavy atom. The Labute approximate surface area is 666 Å². The van der Waals surface area contributed by atoms with E-state index in [-0.39, 0.29) is 69.5 Å². The van der Waals surface area contributed by atoms with E-state index in [9.17, 15) is 48.3 Å². The minimum Gasteiger partial charge on any atom is -0.478 e. The number of carbonyl (C=O) groups is 9. The van der Waals surface area contributed by atoms with Crippen LogP contribution in [0.1, 0.15) is 106 Å². The van der Waals surface area contributed by atoms with Crippen LogP contribution in [0.3, 0.4) is 0 Å². The number of hydrogen-bond donors (Lipinski definition) is 7. The van der Waals surface area contributed by atoms with Gasteiger partial charge in [-0.05, 0) is 99.6 Å². The molecule has 34 nitrogen and oxygen atoms in total. The first kappa shape index (κ1) is 93.8. The number of nitrogens with zero attached hydrogens (tertiary/aromatic N) is 5. The molecule has 3 aromatic carbocycles. The Bertz CT molecular complexity index is 3750. The minimum atomic E-state index is -1.18. The standard InChI is InChI=1S/C80H117N11O23/c1-8-9-13-67-86-73-74(91(67)55-60-16-14-59(15-17-60)54-89(5)6)64-23-20-62(79(99)100)53-66(64)85-75(73)88-80(101)114-56-61-18-21-63(22-19-61)83-76(96)58(4)82-78(98)72(57(2)3)87-77(97)65(84-69(93)26-29-90-70(94)24-25-71(90)95)12-10-11-28-81-68(92)27-30-103-33-34-105-37-38-107-41-42-109-45-46-111-49-50-113-52-51-112-48-47-110-44-43-108-40-39-106-36-35-104-32-31-102-7/h14-25,53,57-58,65,72H,8-13,26-52,54-56H2,1-7H3,(H,81,92)(H,82,98)(H,83,96)(H,84,93)(H,87,97)(H,99,100)(H,85,88,101)/t58-,65-,72-/m0/s1. The predicted octanol–water partition coefficient (Wildman–Crippen LogP) is 5.37. The summed E-state index contributed by atoms with van der Waals surface area (Å²) in [5.74, 6) is -4.77. The van der Waals surface area contributed by atoms with Crippen molar-refractivity contribution < 1.29 is 110 Å². The number of aromatic nitrogens is 3. The van der Waals surface area contributed by atoms with Crippen molar-refractivity contribution in [2.45, 2.75) is 117 Å². The molecule has 0 radical (unpaired) electrons. The number of rotatable bonds is 63. The van der Waals surface area contributed by atoms with Crippen molar-refractivity contribution >= 4 is 86.9 Å². The van der Waals surface area contributed by atoms with Crippen molar-refractivity contribution in [1.82, 2.24) is 45.6 Å². The lowest BCUT2D eigenvalue weighted by atomic mass is 10.0. The molecular weight excluding hydrogens is 1480 g/mol. The minimum absolute atomic E-state index is 0.0199. The van der Waals surface area contributed by atoms with Crippen LogP contribution in [0.4, 0.5) is 16.3 Å². The van der Waals surface area contributed by atoms with Crippen LogP contribution in [0.5, 0.6) is 0 Å². The van der Waals surface area contributed by atoms with Gasteiger partial charge >= 0.3 is 12.1 Å². The zero-order valence-electron chi connectivity index (χ0n) is 66.9. The van der Waals surface area contributed by atoms with Crippen LogP contribution >= 0.6 is 0 Å². The zero-order chi connectivity index (χ0) is 82.1. The summed E-state index contributed by atoms with van der Waals surface area (Å²) >= 11 is 0. The molecule has 1 aliphatic heterocycles. The number of nitrogens with one attached hydrogen (secondary N) is 6. The smallest absolute Gasteiger partial charge is 0.413 e. The number of amides is 8. The summed E-state index contributed by atoms with van der Waals surface area (Å²) in [5.41, 5.74) is 4.55. The Morgan fingerprint density at radius 1 is 0.544 bits per heavy atom. The number of imidazole rings is 1. The number of imide groups is 1. The Hall–Kier alpha value is -9.01. The van der Waals surface area contributed by atoms with Crippen LogP contribution in [-0.4, -0.2) is 287 Å². The van der Waals surface area contributed by atoms with E-state index in [1.54, 1.807) is 51.3 Å². The fraction of sp³-hybridized carbons (Fsp3) is 0.588. The van der Waals surface area contributed by atoms with Gasteiger partial charge in [0.15, 0.2) is 5.82 Å². The molecule has 0 bridgehead atoms. The van der Waals surface area contributed by atoms with E-state index in [0.29, 0.717) is 198 Å². The van der Waals surface area contributed by atoms with E-state index in [1.165, 1.54) is 19.1 Å². The van der Waals surface area contributed by atoms with E-state index >= 15 is 0 Å². The second-order valence-electron chi connectivity index (χ2n) is 27.2. The lowest BCUT2D eigenvalue weighted by molar-refractivity contribution is -0.138. The molecule has 34 heteroatoms. The molecule has 0 unspecified atom stereocenters. The fourth-order valence-corrected chi connectivity index (χ4v) is 11.3. The molecule has 1 aliphatic rings. The van der Waals surface area contributed by atoms with Gasteiger partial charge in [0, 0.05) is 75.8 Å². The summed E-state index contributed by atoms with van der Waals surface area (Å²) in [5, 5.41) is 27.0. The summed E-state index contributed by atoms with van der Waals surface area (Å²) < 4.78 is 73.1. The molecule has 3 atom stereocenters. The van der Waals surface area contributed by atoms with Gasteiger partial charge in [0.2, 0.25) is 29.5 Å². The number of aryl methyl sites for hydroxylation is 1. The number of carboxylic acids is 1. The number of fused-ring (bicyclic) bond motifs is 3. The second-order valence-corrected chi connectivity index (χ2v) is 27.2. The first-order chi connectivity index (χ1) is 55.2. The molecule has 5 aromatic rings. The van der Waals surface area contributed by atoms with E-state index in [1.807, 2.05) is 14.1 Å². The maximum Gasteiger partial charge on any atom is 0.413 e. The summed E-state index contributed by atoms with van der Waals surface area (Å²) in [6, 6.07) is 16.0. The number of pyridine rings is 1. The molecule has 114 heavy (non-hydrogen) atoms. The summed E-state index contributed by atoms with van der Waals surface area (Å²) in [6.07, 6.45) is 4.37. The van der Waals surface area contributed by atoms with Crippen LogP contribution in [0.15, 0.2) is 78.9 Å². The largest absolute Gasteiger partial charge is 0.478 e. The number of anilines is 2. The van der Waals surface area contributed by atoms with E-state index in [0.717, 1.165) is 53.4 Å². The van der Waals surface area contributed by atoms with Crippen molar-refractivity contribution in [1.29, 1.82) is 0 Å². The molecule has 0 spiro atoms. The van der Waals surface area contributed by atoms with Crippen molar-refractivity contribution in [3.63, 3.8) is 0 Å². The molecule has 2 aromatic heterocycles. The summed E-state index contributed by atoms with van der Waals surface area (Å²) in [7, 11) is 5.65. The van der Waals surface area contributed by atoms with Gasteiger partial charge in [0.1, 0.15) is 36.1 Å². The third-order valence-corrected chi connectivity index (χ3v) is 17.4. The zero-order valence-corrected chi connectivity index (χ0v) is 66.9. The normalized spacial score (nSPS) is 12.9. The Balaban J connectivity index is 0.839. The average molecular weight is 1600 g/mol. The van der Waals surface area contributed by atoms with Gasteiger partial charge in [-0.2, -0.15) is 0 Å². The van der Waals surface area contributed by atoms with Crippen LogP contribution in [0.2, 0.25) is 0 Å². The number of hydrogen-bond acceptors (Lipinski definition) is 25. The Morgan fingerprint density at radius 2 is 1.06 bits per heavy atom. The van der Waals surface area contributed by atoms with Gasteiger partial charge < -0.3 is 103 Å². The van der Waals surface area contributed by atoms with Crippen LogP contribution in [0.25, 0.3) is 21.9 Å².